The summed E-state index contributed by atoms with van der Waals surface area (Å²) in [5.74, 6) is 0.563. The van der Waals surface area contributed by atoms with Gasteiger partial charge in [0.2, 0.25) is 0 Å². The molecule has 216 valence electrons. The molecule has 13 heteroatoms. The van der Waals surface area contributed by atoms with Crippen LogP contribution in [0.1, 0.15) is 18.4 Å². The molecule has 0 spiro atoms. The number of hydrogen-bond donors (Lipinski definition) is 2. The number of likely N-dealkylation sites (N-methyl/N-ethyl adjacent to an activating group) is 1. The highest BCUT2D eigenvalue weighted by Crippen LogP contribution is 2.33. The Hall–Kier alpha value is -3.28. The molecular weight excluding hydrogens is 565 g/mol. The summed E-state index contributed by atoms with van der Waals surface area (Å²) in [7, 11) is 5.84. The van der Waals surface area contributed by atoms with Crippen molar-refractivity contribution in [3.63, 3.8) is 0 Å². The third-order valence-electron chi connectivity index (χ3n) is 6.19. The molecule has 2 heterocycles. The maximum Gasteiger partial charge on any atom is 0.273 e. The van der Waals surface area contributed by atoms with E-state index in [1.54, 1.807) is 18.2 Å². The minimum Gasteiger partial charge on any atom is -0.490 e. The molecule has 1 aliphatic heterocycles. The van der Waals surface area contributed by atoms with E-state index in [0.717, 1.165) is 41.0 Å². The number of halogens is 4. The number of aromatic nitrogens is 2. The van der Waals surface area contributed by atoms with Crippen molar-refractivity contribution in [1.29, 1.82) is 0 Å². The fourth-order valence-electron chi connectivity index (χ4n) is 4.04. The molecule has 2 N–H and O–H groups in total. The van der Waals surface area contributed by atoms with E-state index in [9.17, 15) is 18.4 Å². The van der Waals surface area contributed by atoms with Crippen LogP contribution < -0.4 is 15.4 Å². The van der Waals surface area contributed by atoms with Gasteiger partial charge < -0.3 is 30.0 Å². The number of alkyl halides is 3. The number of amides is 1. The van der Waals surface area contributed by atoms with Gasteiger partial charge in [0, 0.05) is 47.9 Å². The third kappa shape index (κ3) is 8.12. The number of anilines is 3. The first kappa shape index (κ1) is 31.3. The maximum atomic E-state index is 12.9. The highest BCUT2D eigenvalue weighted by Gasteiger charge is 2.31. The van der Waals surface area contributed by atoms with Gasteiger partial charge in [0.1, 0.15) is 37.5 Å². The van der Waals surface area contributed by atoms with Gasteiger partial charge in [-0.15, -0.1) is 0 Å². The normalized spacial score (nSPS) is 15.4. The first-order valence-corrected chi connectivity index (χ1v) is 13.4. The summed E-state index contributed by atoms with van der Waals surface area (Å²) in [4.78, 5) is 33.3. The zero-order chi connectivity index (χ0) is 29.2. The molecule has 4 rings (SSSR count). The van der Waals surface area contributed by atoms with Gasteiger partial charge in [-0.1, -0.05) is 29.3 Å². The standard InChI is InChI=1S/C20H23ClFN5O.C7H9ClFNO2/c1-23-18-9-15-17(10-19(18)28-7-6-27(2)3)24-12-25-20(15)26-14-5-4-13(11-22)16(21)8-14;8-6(9)7(12)10-3-1-2-5(10)4-11/h4-5,8-10,12,23H,6-7,11H2,1-3H3,(H,24,25,26);4-6H,1-3H2/t;5-,6?/m.1/s1. The molecule has 9 nitrogen and oxygen atoms in total. The number of likely N-dealkylation sites (tertiary alicyclic amines) is 1. The molecular formula is C27H32Cl2F2N6O3. The van der Waals surface area contributed by atoms with E-state index in [4.69, 9.17) is 27.9 Å². The smallest absolute Gasteiger partial charge is 0.273 e. The van der Waals surface area contributed by atoms with Gasteiger partial charge in [-0.25, -0.2) is 18.7 Å². The minimum atomic E-state index is -2.02. The van der Waals surface area contributed by atoms with E-state index in [-0.39, 0.29) is 0 Å². The molecule has 1 saturated heterocycles. The molecule has 1 amide bonds. The van der Waals surface area contributed by atoms with Crippen LogP contribution in [-0.2, 0) is 16.3 Å². The van der Waals surface area contributed by atoms with Gasteiger partial charge in [-0.3, -0.25) is 4.79 Å². The van der Waals surface area contributed by atoms with Crippen LogP contribution in [0.4, 0.5) is 26.0 Å². The molecule has 1 fully saturated rings. The summed E-state index contributed by atoms with van der Waals surface area (Å²) in [6, 6.07) is 8.47. The Labute approximate surface area is 241 Å². The van der Waals surface area contributed by atoms with Gasteiger partial charge in [-0.2, -0.15) is 0 Å². The number of aldehydes is 1. The monoisotopic (exact) mass is 596 g/mol. The molecule has 0 radical (unpaired) electrons. The topological polar surface area (TPSA) is 99.7 Å². The second-order valence-corrected chi connectivity index (χ2v) is 10.0. The number of fused-ring (bicyclic) bond motifs is 1. The molecule has 1 aliphatic rings. The van der Waals surface area contributed by atoms with E-state index in [2.05, 4.69) is 25.5 Å². The highest BCUT2D eigenvalue weighted by molar-refractivity contribution is 6.31. The lowest BCUT2D eigenvalue weighted by atomic mass is 10.1. The van der Waals surface area contributed by atoms with Crippen molar-refractivity contribution in [2.75, 3.05) is 51.5 Å². The minimum absolute atomic E-state index is 0.373. The van der Waals surface area contributed by atoms with Crippen LogP contribution in [0, 0.1) is 0 Å². The average Bonchev–Trinajstić information content (AvgIpc) is 3.41. The predicted octanol–water partition coefficient (Wildman–Crippen LogP) is 5.19. The van der Waals surface area contributed by atoms with E-state index in [1.807, 2.05) is 33.3 Å². The molecule has 1 aromatic heterocycles. The van der Waals surface area contributed by atoms with E-state index in [0.29, 0.717) is 42.3 Å². The summed E-state index contributed by atoms with van der Waals surface area (Å²) >= 11 is 11.1. The average molecular weight is 597 g/mol. The van der Waals surface area contributed by atoms with Crippen molar-refractivity contribution in [2.45, 2.75) is 31.2 Å². The fourth-order valence-corrected chi connectivity index (χ4v) is 4.40. The Kier molecular flexibility index (Phi) is 11.7. The first-order valence-electron chi connectivity index (χ1n) is 12.6. The molecule has 1 unspecified atom stereocenters. The second-order valence-electron chi connectivity index (χ2n) is 9.23. The van der Waals surface area contributed by atoms with Gasteiger partial charge in [0.05, 0.1) is 17.2 Å². The Morgan fingerprint density at radius 3 is 2.70 bits per heavy atom. The number of nitrogens with one attached hydrogen (secondary N) is 2. The molecule has 0 aliphatic carbocycles. The largest absolute Gasteiger partial charge is 0.490 e. The molecule has 2 atom stereocenters. The van der Waals surface area contributed by atoms with Crippen molar-refractivity contribution in [3.8, 4) is 5.75 Å². The van der Waals surface area contributed by atoms with Crippen LogP contribution in [0.3, 0.4) is 0 Å². The quantitative estimate of drug-likeness (QED) is 0.244. The number of ether oxygens (including phenoxy) is 1. The number of carbonyl (C=O) groups is 2. The van der Waals surface area contributed by atoms with Crippen molar-refractivity contribution < 1.29 is 23.1 Å². The predicted molar refractivity (Wildman–Crippen MR) is 154 cm³/mol. The van der Waals surface area contributed by atoms with Gasteiger partial charge in [0.15, 0.2) is 0 Å². The van der Waals surface area contributed by atoms with E-state index < -0.39 is 24.3 Å². The van der Waals surface area contributed by atoms with Gasteiger partial charge in [0.25, 0.3) is 11.5 Å². The molecule has 0 bridgehead atoms. The zero-order valence-corrected chi connectivity index (χ0v) is 24.0. The van der Waals surface area contributed by atoms with Crippen LogP contribution in [0.25, 0.3) is 10.9 Å². The molecule has 3 aromatic rings. The summed E-state index contributed by atoms with van der Waals surface area (Å²) in [5.41, 5.74) is 0.750. The highest BCUT2D eigenvalue weighted by atomic mass is 35.5. The Morgan fingerprint density at radius 1 is 1.30 bits per heavy atom. The lowest BCUT2D eigenvalue weighted by molar-refractivity contribution is -0.136. The first-order chi connectivity index (χ1) is 19.2. The van der Waals surface area contributed by atoms with E-state index in [1.165, 1.54) is 11.2 Å². The Bertz CT molecular complexity index is 1310. The van der Waals surface area contributed by atoms with Gasteiger partial charge >= 0.3 is 0 Å². The lowest BCUT2D eigenvalue weighted by Gasteiger charge is -2.19. The number of benzene rings is 2. The Morgan fingerprint density at radius 2 is 2.08 bits per heavy atom. The second kappa shape index (κ2) is 14.9. The third-order valence-corrected chi connectivity index (χ3v) is 6.73. The summed E-state index contributed by atoms with van der Waals surface area (Å²) in [5, 5.41) is 7.60. The number of rotatable bonds is 10. The number of carbonyl (C=O) groups excluding carboxylic acids is 2. The van der Waals surface area contributed by atoms with Crippen LogP contribution in [0.15, 0.2) is 36.7 Å². The van der Waals surface area contributed by atoms with Crippen LogP contribution >= 0.6 is 23.2 Å². The van der Waals surface area contributed by atoms with Crippen molar-refractivity contribution in [2.24, 2.45) is 0 Å². The van der Waals surface area contributed by atoms with Crippen LogP contribution in [-0.4, -0.2) is 84.5 Å². The van der Waals surface area contributed by atoms with Crippen LogP contribution in [0.5, 0.6) is 5.75 Å². The van der Waals surface area contributed by atoms with Gasteiger partial charge in [-0.05, 0) is 45.1 Å². The molecule has 0 saturated carbocycles. The summed E-state index contributed by atoms with van der Waals surface area (Å²) in [6.45, 7) is 1.21. The SMILES string of the molecule is CNc1cc2c(Nc3ccc(CF)c(Cl)c3)ncnc2cc1OCCN(C)C.O=C[C@H]1CCCN1C(=O)C(F)Cl. The number of hydrogen-bond acceptors (Lipinski definition) is 8. The molecule has 40 heavy (non-hydrogen) atoms. The fraction of sp³-hybridized carbons (Fsp3) is 0.407. The Balaban J connectivity index is 0.000000307. The van der Waals surface area contributed by atoms with Crippen molar-refractivity contribution in [3.05, 3.63) is 47.2 Å². The molecule has 2 aromatic carbocycles. The van der Waals surface area contributed by atoms with E-state index >= 15 is 0 Å². The summed E-state index contributed by atoms with van der Waals surface area (Å²) < 4.78 is 31.1. The van der Waals surface area contributed by atoms with Crippen molar-refractivity contribution >= 4 is 63.5 Å². The van der Waals surface area contributed by atoms with Crippen LogP contribution in [0.2, 0.25) is 5.02 Å². The zero-order valence-electron chi connectivity index (χ0n) is 22.5. The summed E-state index contributed by atoms with van der Waals surface area (Å²) in [6.07, 6.45) is 3.49. The number of nitrogens with zero attached hydrogens (tertiary/aromatic N) is 4. The maximum absolute atomic E-state index is 12.9. The van der Waals surface area contributed by atoms with Crippen molar-refractivity contribution in [1.82, 2.24) is 19.8 Å². The lowest BCUT2D eigenvalue weighted by Crippen LogP contribution is -2.39.